The lowest BCUT2D eigenvalue weighted by molar-refractivity contribution is -0.115. The van der Waals surface area contributed by atoms with Crippen molar-refractivity contribution in [3.05, 3.63) is 83.7 Å². The number of hydrogen-bond donors (Lipinski definition) is 1. The van der Waals surface area contributed by atoms with Gasteiger partial charge in [0.25, 0.3) is 0 Å². The molecule has 7 heteroatoms. The number of carbonyl (C=O) groups is 2. The minimum absolute atomic E-state index is 0.00364. The van der Waals surface area contributed by atoms with Crippen molar-refractivity contribution >= 4 is 17.6 Å². The smallest absolute Gasteiger partial charge is 0.340 e. The van der Waals surface area contributed by atoms with Gasteiger partial charge in [-0.3, -0.25) is 4.79 Å². The topological polar surface area (TPSA) is 60.3 Å². The van der Waals surface area contributed by atoms with Crippen LogP contribution >= 0.6 is 0 Å². The Bertz CT molecular complexity index is 968. The Morgan fingerprint density at radius 2 is 1.70 bits per heavy atom. The summed E-state index contributed by atoms with van der Waals surface area (Å²) < 4.78 is 33.9. The average molecular weight is 370 g/mol. The van der Waals surface area contributed by atoms with Crippen molar-refractivity contribution in [2.75, 3.05) is 12.4 Å². The van der Waals surface area contributed by atoms with Gasteiger partial charge in [-0.15, -0.1) is 0 Å². The maximum absolute atomic E-state index is 13.9. The van der Waals surface area contributed by atoms with Crippen molar-refractivity contribution < 1.29 is 23.1 Å². The standard InChI is InChI=1S/C20H16F2N2O3/c1-27-20(26)15-11-18(17(22)12-16(15)21)23-19(25)10-13-4-6-14(7-5-13)24-8-2-3-9-24/h2-9,11-12H,10H2,1H3,(H,23,25). The molecule has 2 aromatic carbocycles. The Morgan fingerprint density at radius 1 is 1.04 bits per heavy atom. The van der Waals surface area contributed by atoms with Crippen LogP contribution in [0.15, 0.2) is 60.9 Å². The van der Waals surface area contributed by atoms with Gasteiger partial charge < -0.3 is 14.6 Å². The van der Waals surface area contributed by atoms with Crippen LogP contribution in [0.3, 0.4) is 0 Å². The van der Waals surface area contributed by atoms with Crippen molar-refractivity contribution in [1.82, 2.24) is 4.57 Å². The molecule has 1 amide bonds. The van der Waals surface area contributed by atoms with Crippen molar-refractivity contribution in [3.8, 4) is 5.69 Å². The van der Waals surface area contributed by atoms with E-state index in [2.05, 4.69) is 10.1 Å². The Labute approximate surface area is 154 Å². The number of aromatic nitrogens is 1. The average Bonchev–Trinajstić information content (AvgIpc) is 3.18. The summed E-state index contributed by atoms with van der Waals surface area (Å²) in [6.07, 6.45) is 3.80. The molecule has 0 bridgehead atoms. The highest BCUT2D eigenvalue weighted by molar-refractivity contribution is 5.95. The highest BCUT2D eigenvalue weighted by Crippen LogP contribution is 2.21. The van der Waals surface area contributed by atoms with Gasteiger partial charge in [-0.05, 0) is 35.9 Å². The van der Waals surface area contributed by atoms with E-state index in [0.29, 0.717) is 6.07 Å². The van der Waals surface area contributed by atoms with Crippen molar-refractivity contribution in [3.63, 3.8) is 0 Å². The van der Waals surface area contributed by atoms with Crippen molar-refractivity contribution in [2.24, 2.45) is 0 Å². The number of amides is 1. The van der Waals surface area contributed by atoms with Crippen LogP contribution in [-0.2, 0) is 16.0 Å². The van der Waals surface area contributed by atoms with Crippen LogP contribution in [-0.4, -0.2) is 23.6 Å². The molecule has 138 valence electrons. The second-order valence-electron chi connectivity index (χ2n) is 5.79. The van der Waals surface area contributed by atoms with E-state index in [-0.39, 0.29) is 12.1 Å². The molecule has 1 heterocycles. The summed E-state index contributed by atoms with van der Waals surface area (Å²) in [6, 6.07) is 12.6. The number of benzene rings is 2. The third kappa shape index (κ3) is 4.20. The van der Waals surface area contributed by atoms with E-state index in [1.807, 2.05) is 41.2 Å². The molecule has 0 saturated heterocycles. The monoisotopic (exact) mass is 370 g/mol. The highest BCUT2D eigenvalue weighted by atomic mass is 19.1. The van der Waals surface area contributed by atoms with Gasteiger partial charge in [0.05, 0.1) is 24.8 Å². The SMILES string of the molecule is COC(=O)c1cc(NC(=O)Cc2ccc(-n3cccc3)cc2)c(F)cc1F. The summed E-state index contributed by atoms with van der Waals surface area (Å²) in [5.41, 5.74) is 0.923. The fourth-order valence-corrected chi connectivity index (χ4v) is 2.58. The molecule has 1 aromatic heterocycles. The van der Waals surface area contributed by atoms with Crippen LogP contribution in [0.4, 0.5) is 14.5 Å². The third-order valence-corrected chi connectivity index (χ3v) is 3.94. The van der Waals surface area contributed by atoms with E-state index in [4.69, 9.17) is 0 Å². The van der Waals surface area contributed by atoms with Gasteiger partial charge in [0.1, 0.15) is 11.6 Å². The van der Waals surface area contributed by atoms with E-state index in [0.717, 1.165) is 24.4 Å². The normalized spacial score (nSPS) is 10.5. The maximum atomic E-state index is 13.9. The molecule has 0 spiro atoms. The molecule has 1 N–H and O–H groups in total. The first kappa shape index (κ1) is 18.3. The summed E-state index contributed by atoms with van der Waals surface area (Å²) >= 11 is 0. The first-order valence-electron chi connectivity index (χ1n) is 8.07. The van der Waals surface area contributed by atoms with Gasteiger partial charge in [0.15, 0.2) is 0 Å². The number of esters is 1. The molecule has 0 saturated carbocycles. The Kier molecular flexibility index (Phi) is 5.30. The Balaban J connectivity index is 1.71. The molecule has 3 aromatic rings. The summed E-state index contributed by atoms with van der Waals surface area (Å²) in [7, 11) is 1.08. The minimum Gasteiger partial charge on any atom is -0.465 e. The summed E-state index contributed by atoms with van der Waals surface area (Å²) in [5, 5.41) is 2.35. The lowest BCUT2D eigenvalue weighted by Gasteiger charge is -2.10. The number of carbonyl (C=O) groups excluding carboxylic acids is 2. The van der Waals surface area contributed by atoms with Gasteiger partial charge in [-0.25, -0.2) is 13.6 Å². The van der Waals surface area contributed by atoms with E-state index >= 15 is 0 Å². The van der Waals surface area contributed by atoms with Crippen molar-refractivity contribution in [1.29, 1.82) is 0 Å². The molecule has 0 aliphatic heterocycles. The van der Waals surface area contributed by atoms with Crippen LogP contribution in [0.2, 0.25) is 0 Å². The quantitative estimate of drug-likeness (QED) is 0.697. The second kappa shape index (κ2) is 7.82. The van der Waals surface area contributed by atoms with Crippen LogP contribution in [0.5, 0.6) is 0 Å². The molecule has 0 unspecified atom stereocenters. The zero-order valence-electron chi connectivity index (χ0n) is 14.4. The fraction of sp³-hybridized carbons (Fsp3) is 0.100. The molecule has 0 aliphatic carbocycles. The van der Waals surface area contributed by atoms with Gasteiger partial charge in [0, 0.05) is 24.1 Å². The summed E-state index contributed by atoms with van der Waals surface area (Å²) in [4.78, 5) is 23.7. The Morgan fingerprint density at radius 3 is 2.33 bits per heavy atom. The maximum Gasteiger partial charge on any atom is 0.340 e. The second-order valence-corrected chi connectivity index (χ2v) is 5.79. The molecule has 27 heavy (non-hydrogen) atoms. The van der Waals surface area contributed by atoms with E-state index < -0.39 is 29.1 Å². The van der Waals surface area contributed by atoms with E-state index in [1.165, 1.54) is 0 Å². The van der Waals surface area contributed by atoms with Gasteiger partial charge in [-0.1, -0.05) is 12.1 Å². The molecule has 3 rings (SSSR count). The first-order chi connectivity index (χ1) is 13.0. The minimum atomic E-state index is -1.06. The van der Waals surface area contributed by atoms with E-state index in [9.17, 15) is 18.4 Å². The third-order valence-electron chi connectivity index (χ3n) is 3.94. The number of halogens is 2. The highest BCUT2D eigenvalue weighted by Gasteiger charge is 2.18. The number of methoxy groups -OCH3 is 1. The van der Waals surface area contributed by atoms with Gasteiger partial charge in [0.2, 0.25) is 5.91 Å². The van der Waals surface area contributed by atoms with Crippen LogP contribution in [0.1, 0.15) is 15.9 Å². The molecule has 0 radical (unpaired) electrons. The number of nitrogens with one attached hydrogen (secondary N) is 1. The Hall–Kier alpha value is -3.48. The predicted molar refractivity (Wildman–Crippen MR) is 95.8 cm³/mol. The number of nitrogens with zero attached hydrogens (tertiary/aromatic N) is 1. The molecule has 0 atom stereocenters. The lowest BCUT2D eigenvalue weighted by atomic mass is 10.1. The number of ether oxygens (including phenoxy) is 1. The summed E-state index contributed by atoms with van der Waals surface area (Å²) in [6.45, 7) is 0. The number of hydrogen-bond acceptors (Lipinski definition) is 3. The fourth-order valence-electron chi connectivity index (χ4n) is 2.58. The van der Waals surface area contributed by atoms with Crippen LogP contribution in [0, 0.1) is 11.6 Å². The zero-order chi connectivity index (χ0) is 19.4. The van der Waals surface area contributed by atoms with Gasteiger partial charge in [-0.2, -0.15) is 0 Å². The van der Waals surface area contributed by atoms with Gasteiger partial charge >= 0.3 is 5.97 Å². The summed E-state index contributed by atoms with van der Waals surface area (Å²) in [5.74, 6) is -3.48. The number of rotatable bonds is 5. The molecule has 0 fully saturated rings. The van der Waals surface area contributed by atoms with Crippen LogP contribution in [0.25, 0.3) is 5.69 Å². The first-order valence-corrected chi connectivity index (χ1v) is 8.07. The predicted octanol–water partition coefficient (Wildman–Crippen LogP) is 3.72. The zero-order valence-corrected chi connectivity index (χ0v) is 14.4. The van der Waals surface area contributed by atoms with Crippen molar-refractivity contribution in [2.45, 2.75) is 6.42 Å². The molecule has 5 nitrogen and oxygen atoms in total. The molecule has 0 aliphatic rings. The molecular weight excluding hydrogens is 354 g/mol. The lowest BCUT2D eigenvalue weighted by Crippen LogP contribution is -2.16. The van der Waals surface area contributed by atoms with Crippen LogP contribution < -0.4 is 5.32 Å². The largest absolute Gasteiger partial charge is 0.465 e. The molecular formula is C20H16F2N2O3. The van der Waals surface area contributed by atoms with E-state index in [1.54, 1.807) is 12.1 Å². The number of anilines is 1.